The van der Waals surface area contributed by atoms with Gasteiger partial charge < -0.3 is 15.3 Å². The molecule has 0 saturated carbocycles. The predicted molar refractivity (Wildman–Crippen MR) is 121 cm³/mol. The second-order valence-corrected chi connectivity index (χ2v) is 8.33. The normalized spacial score (nSPS) is 15.0. The lowest BCUT2D eigenvalue weighted by molar-refractivity contribution is 0.246. The number of hydrogen-bond donors (Lipinski definition) is 2. The maximum atomic E-state index is 14.0. The Morgan fingerprint density at radius 1 is 1.06 bits per heavy atom. The molecule has 0 radical (unpaired) electrons. The molecule has 170 valence electrons. The number of halogens is 2. The molecule has 7 nitrogen and oxygen atoms in total. The van der Waals surface area contributed by atoms with Gasteiger partial charge in [-0.15, -0.1) is 0 Å². The van der Waals surface area contributed by atoms with Gasteiger partial charge in [-0.2, -0.15) is 0 Å². The fraction of sp³-hybridized carbons (Fsp3) is 0.435. The molecule has 1 aliphatic rings. The smallest absolute Gasteiger partial charge is 0.172 e. The van der Waals surface area contributed by atoms with Crippen molar-refractivity contribution in [3.8, 4) is 0 Å². The summed E-state index contributed by atoms with van der Waals surface area (Å²) in [6.07, 6.45) is 2.16. The summed E-state index contributed by atoms with van der Waals surface area (Å²) in [5.41, 5.74) is 2.71. The highest BCUT2D eigenvalue weighted by molar-refractivity contribution is 5.80. The van der Waals surface area contributed by atoms with Crippen molar-refractivity contribution in [3.05, 3.63) is 53.4 Å². The van der Waals surface area contributed by atoms with Gasteiger partial charge in [0.25, 0.3) is 0 Å². The third-order valence-corrected chi connectivity index (χ3v) is 5.46. The van der Waals surface area contributed by atoms with Crippen LogP contribution in [0.25, 0.3) is 11.0 Å². The van der Waals surface area contributed by atoms with Crippen LogP contribution >= 0.6 is 0 Å². The molecule has 1 saturated heterocycles. The Bertz CT molecular complexity index is 1090. The molecule has 3 aromatic rings. The van der Waals surface area contributed by atoms with Gasteiger partial charge in [0.15, 0.2) is 11.6 Å². The number of piperazine rings is 1. The minimum absolute atomic E-state index is 0.0301. The zero-order valence-electron chi connectivity index (χ0n) is 18.4. The van der Waals surface area contributed by atoms with Crippen LogP contribution < -0.4 is 10.2 Å². The number of nitrogens with zero attached hydrogens (tertiary/aromatic N) is 5. The highest BCUT2D eigenvalue weighted by atomic mass is 19.1. The van der Waals surface area contributed by atoms with Gasteiger partial charge in [-0.1, -0.05) is 6.07 Å². The Kier molecular flexibility index (Phi) is 6.76. The summed E-state index contributed by atoms with van der Waals surface area (Å²) in [4.78, 5) is 18.3. The van der Waals surface area contributed by atoms with Gasteiger partial charge in [0, 0.05) is 69.1 Å². The Hall–Kier alpha value is -2.91. The van der Waals surface area contributed by atoms with Crippen molar-refractivity contribution in [3.63, 3.8) is 0 Å². The standard InChI is InChI=1S/C23H28F2N6O/c1-15(2)27-22-23(29-20-12-18(5-10-32)26-13-21(20)28-22)31-8-6-30(7-9-31)14-16-3-4-17(24)11-19(16)25/h3-4,11-13,15,32H,5-10,14H2,1-2H3,(H,27,28). The molecule has 32 heavy (non-hydrogen) atoms. The molecule has 0 aliphatic carbocycles. The minimum Gasteiger partial charge on any atom is -0.396 e. The van der Waals surface area contributed by atoms with E-state index in [0.717, 1.165) is 36.2 Å². The van der Waals surface area contributed by atoms with Crippen molar-refractivity contribution in [2.75, 3.05) is 43.0 Å². The van der Waals surface area contributed by atoms with Crippen LogP contribution in [0.2, 0.25) is 0 Å². The summed E-state index contributed by atoms with van der Waals surface area (Å²) in [5.74, 6) is 0.416. The van der Waals surface area contributed by atoms with Gasteiger partial charge in [0.2, 0.25) is 0 Å². The van der Waals surface area contributed by atoms with Crippen molar-refractivity contribution >= 4 is 22.7 Å². The van der Waals surface area contributed by atoms with E-state index < -0.39 is 11.6 Å². The highest BCUT2D eigenvalue weighted by Gasteiger charge is 2.23. The third-order valence-electron chi connectivity index (χ3n) is 5.46. The van der Waals surface area contributed by atoms with E-state index in [4.69, 9.17) is 9.97 Å². The second-order valence-electron chi connectivity index (χ2n) is 8.33. The average molecular weight is 443 g/mol. The summed E-state index contributed by atoms with van der Waals surface area (Å²) < 4.78 is 27.2. The number of fused-ring (bicyclic) bond motifs is 1. The van der Waals surface area contributed by atoms with E-state index in [2.05, 4.69) is 20.1 Å². The molecule has 1 fully saturated rings. The summed E-state index contributed by atoms with van der Waals surface area (Å²) in [6.45, 7) is 7.45. The lowest BCUT2D eigenvalue weighted by Crippen LogP contribution is -2.46. The first-order chi connectivity index (χ1) is 15.4. The lowest BCUT2D eigenvalue weighted by Gasteiger charge is -2.36. The molecule has 3 heterocycles. The first kappa shape index (κ1) is 22.3. The number of benzene rings is 1. The number of anilines is 2. The molecule has 9 heteroatoms. The number of rotatable bonds is 7. The summed E-state index contributed by atoms with van der Waals surface area (Å²) >= 11 is 0. The Morgan fingerprint density at radius 2 is 1.84 bits per heavy atom. The molecule has 0 amide bonds. The van der Waals surface area contributed by atoms with Gasteiger partial charge in [0.1, 0.15) is 17.2 Å². The van der Waals surface area contributed by atoms with Crippen LogP contribution in [0, 0.1) is 11.6 Å². The van der Waals surface area contributed by atoms with Crippen LogP contribution in [0.3, 0.4) is 0 Å². The number of aliphatic hydroxyl groups excluding tert-OH is 1. The Balaban J connectivity index is 1.54. The number of aromatic nitrogens is 3. The largest absolute Gasteiger partial charge is 0.396 e. The average Bonchev–Trinajstić information content (AvgIpc) is 2.76. The van der Waals surface area contributed by atoms with Crippen molar-refractivity contribution in [2.24, 2.45) is 0 Å². The molecule has 0 unspecified atom stereocenters. The van der Waals surface area contributed by atoms with Crippen molar-refractivity contribution in [1.82, 2.24) is 19.9 Å². The van der Waals surface area contributed by atoms with Crippen molar-refractivity contribution < 1.29 is 13.9 Å². The molecule has 2 N–H and O–H groups in total. The van der Waals surface area contributed by atoms with Gasteiger partial charge in [0.05, 0.1) is 11.7 Å². The van der Waals surface area contributed by atoms with E-state index in [1.807, 2.05) is 19.9 Å². The van der Waals surface area contributed by atoms with Crippen LogP contribution in [-0.2, 0) is 13.0 Å². The fourth-order valence-corrected chi connectivity index (χ4v) is 3.84. The van der Waals surface area contributed by atoms with Gasteiger partial charge in [-0.3, -0.25) is 9.88 Å². The van der Waals surface area contributed by atoms with E-state index in [1.165, 1.54) is 12.1 Å². The molecule has 0 bridgehead atoms. The zero-order chi connectivity index (χ0) is 22.7. The summed E-state index contributed by atoms with van der Waals surface area (Å²) in [5, 5.41) is 12.6. The van der Waals surface area contributed by atoms with E-state index >= 15 is 0 Å². The van der Waals surface area contributed by atoms with E-state index in [1.54, 1.807) is 6.20 Å². The SMILES string of the molecule is CC(C)Nc1nc2cnc(CCO)cc2nc1N1CCN(Cc2ccc(F)cc2F)CC1. The van der Waals surface area contributed by atoms with Crippen molar-refractivity contribution in [1.29, 1.82) is 0 Å². The van der Waals surface area contributed by atoms with E-state index in [0.29, 0.717) is 43.0 Å². The molecule has 0 spiro atoms. The van der Waals surface area contributed by atoms with Crippen LogP contribution in [0.1, 0.15) is 25.1 Å². The number of pyridine rings is 1. The maximum absolute atomic E-state index is 14.0. The van der Waals surface area contributed by atoms with E-state index in [-0.39, 0.29) is 12.6 Å². The summed E-state index contributed by atoms with van der Waals surface area (Å²) in [7, 11) is 0. The van der Waals surface area contributed by atoms with Crippen LogP contribution in [-0.4, -0.2) is 63.8 Å². The molecular weight excluding hydrogens is 414 g/mol. The molecular formula is C23H28F2N6O. The number of nitrogens with one attached hydrogen (secondary N) is 1. The highest BCUT2D eigenvalue weighted by Crippen LogP contribution is 2.27. The van der Waals surface area contributed by atoms with Gasteiger partial charge in [-0.05, 0) is 26.0 Å². The lowest BCUT2D eigenvalue weighted by atomic mass is 10.1. The van der Waals surface area contributed by atoms with E-state index in [9.17, 15) is 13.9 Å². The fourth-order valence-electron chi connectivity index (χ4n) is 3.84. The Labute approximate surface area is 186 Å². The van der Waals surface area contributed by atoms with Crippen molar-refractivity contribution in [2.45, 2.75) is 32.9 Å². The molecule has 1 aromatic carbocycles. The van der Waals surface area contributed by atoms with Crippen LogP contribution in [0.15, 0.2) is 30.5 Å². The number of hydrogen-bond acceptors (Lipinski definition) is 7. The Morgan fingerprint density at radius 3 is 2.53 bits per heavy atom. The second kappa shape index (κ2) is 9.70. The number of aliphatic hydroxyl groups is 1. The van der Waals surface area contributed by atoms with Crippen LogP contribution in [0.5, 0.6) is 0 Å². The van der Waals surface area contributed by atoms with Gasteiger partial charge in [-0.25, -0.2) is 18.7 Å². The molecule has 0 atom stereocenters. The molecule has 2 aromatic heterocycles. The van der Waals surface area contributed by atoms with Crippen LogP contribution in [0.4, 0.5) is 20.4 Å². The first-order valence-electron chi connectivity index (χ1n) is 10.9. The topological polar surface area (TPSA) is 77.4 Å². The third kappa shape index (κ3) is 5.11. The van der Waals surface area contributed by atoms with Gasteiger partial charge >= 0.3 is 0 Å². The molecule has 1 aliphatic heterocycles. The zero-order valence-corrected chi connectivity index (χ0v) is 18.4. The first-order valence-corrected chi connectivity index (χ1v) is 10.9. The quantitative estimate of drug-likeness (QED) is 0.583. The monoisotopic (exact) mass is 442 g/mol. The predicted octanol–water partition coefficient (Wildman–Crippen LogP) is 2.98. The minimum atomic E-state index is -0.562. The maximum Gasteiger partial charge on any atom is 0.172 e. The molecule has 4 rings (SSSR count). The summed E-state index contributed by atoms with van der Waals surface area (Å²) in [6, 6.07) is 5.79.